The van der Waals surface area contributed by atoms with Gasteiger partial charge >= 0.3 is 0 Å². The van der Waals surface area contributed by atoms with Crippen LogP contribution in [0.5, 0.6) is 0 Å². The second kappa shape index (κ2) is 5.35. The number of nitrogens with one attached hydrogen (secondary N) is 1. The van der Waals surface area contributed by atoms with Gasteiger partial charge in [0, 0.05) is 17.1 Å². The van der Waals surface area contributed by atoms with Crippen LogP contribution in [0.3, 0.4) is 0 Å². The van der Waals surface area contributed by atoms with E-state index in [0.29, 0.717) is 5.69 Å². The number of nitrogen functional groups attached to an aromatic ring is 1. The number of pyridine rings is 1. The maximum absolute atomic E-state index is 5.81. The molecule has 2 aromatic rings. The van der Waals surface area contributed by atoms with E-state index < -0.39 is 0 Å². The molecular formula is C13H19N3. The fraction of sp³-hybridized carbons (Fsp3) is 0.308. The van der Waals surface area contributed by atoms with E-state index in [4.69, 9.17) is 5.73 Å². The molecule has 0 radical (unpaired) electrons. The Balaban J connectivity index is 0.000000386. The number of rotatable bonds is 1. The van der Waals surface area contributed by atoms with Crippen molar-refractivity contribution in [2.24, 2.45) is 0 Å². The number of aromatic amines is 1. The Labute approximate surface area is 96.4 Å². The van der Waals surface area contributed by atoms with E-state index in [0.717, 1.165) is 22.2 Å². The molecule has 0 spiro atoms. The Morgan fingerprint density at radius 3 is 2.69 bits per heavy atom. The summed E-state index contributed by atoms with van der Waals surface area (Å²) in [5.41, 5.74) is 9.30. The van der Waals surface area contributed by atoms with Crippen molar-refractivity contribution in [3.05, 3.63) is 30.6 Å². The summed E-state index contributed by atoms with van der Waals surface area (Å²) in [4.78, 5) is 7.20. The van der Waals surface area contributed by atoms with Crippen LogP contribution < -0.4 is 5.73 Å². The SMILES string of the molecule is C=C(C)c1c(N)cnc2[nH]ccc12.CCC. The van der Waals surface area contributed by atoms with Gasteiger partial charge in [0.05, 0.1) is 11.9 Å². The van der Waals surface area contributed by atoms with Gasteiger partial charge in [-0.05, 0) is 18.6 Å². The molecule has 0 saturated carbocycles. The van der Waals surface area contributed by atoms with Crippen LogP contribution in [0.15, 0.2) is 25.0 Å². The fourth-order valence-electron chi connectivity index (χ4n) is 1.50. The van der Waals surface area contributed by atoms with E-state index in [1.54, 1.807) is 6.20 Å². The first kappa shape index (κ1) is 12.3. The molecule has 0 fully saturated rings. The average molecular weight is 217 g/mol. The zero-order chi connectivity index (χ0) is 12.1. The van der Waals surface area contributed by atoms with Crippen molar-refractivity contribution < 1.29 is 0 Å². The van der Waals surface area contributed by atoms with E-state index in [9.17, 15) is 0 Å². The second-order valence-corrected chi connectivity index (χ2v) is 3.82. The topological polar surface area (TPSA) is 54.7 Å². The molecule has 3 N–H and O–H groups in total. The predicted octanol–water partition coefficient (Wildman–Crippen LogP) is 3.59. The van der Waals surface area contributed by atoms with Crippen LogP contribution in [-0.4, -0.2) is 9.97 Å². The molecule has 0 atom stereocenters. The summed E-state index contributed by atoms with van der Waals surface area (Å²) in [5.74, 6) is 0. The first-order chi connectivity index (χ1) is 7.61. The molecule has 3 nitrogen and oxygen atoms in total. The van der Waals surface area contributed by atoms with Gasteiger partial charge in [-0.1, -0.05) is 26.8 Å². The first-order valence-corrected chi connectivity index (χ1v) is 5.49. The van der Waals surface area contributed by atoms with E-state index in [1.165, 1.54) is 6.42 Å². The molecule has 0 bridgehead atoms. The summed E-state index contributed by atoms with van der Waals surface area (Å²) in [5, 5.41) is 1.03. The Kier molecular flexibility index (Phi) is 4.11. The standard InChI is InChI=1S/C10H11N3.C3H8/c1-6(2)9-7-3-4-12-10(7)13-5-8(9)11;1-3-2/h3-5H,1,11H2,2H3,(H,12,13);3H2,1-2H3. The number of aromatic nitrogens is 2. The van der Waals surface area contributed by atoms with Gasteiger partial charge in [-0.3, -0.25) is 0 Å². The van der Waals surface area contributed by atoms with Crippen LogP contribution in [0.25, 0.3) is 16.6 Å². The number of fused-ring (bicyclic) bond motifs is 1. The number of nitrogens with two attached hydrogens (primary N) is 1. The van der Waals surface area contributed by atoms with Gasteiger partial charge in [-0.2, -0.15) is 0 Å². The molecule has 2 rings (SSSR count). The number of hydrogen-bond donors (Lipinski definition) is 2. The van der Waals surface area contributed by atoms with Crippen LogP contribution in [0, 0.1) is 0 Å². The summed E-state index contributed by atoms with van der Waals surface area (Å²) in [6.07, 6.45) is 4.76. The first-order valence-electron chi connectivity index (χ1n) is 5.49. The Morgan fingerprint density at radius 1 is 1.50 bits per heavy atom. The quantitative estimate of drug-likeness (QED) is 0.766. The fourth-order valence-corrected chi connectivity index (χ4v) is 1.50. The lowest BCUT2D eigenvalue weighted by Crippen LogP contribution is -1.94. The minimum Gasteiger partial charge on any atom is -0.397 e. The van der Waals surface area contributed by atoms with Gasteiger partial charge in [0.1, 0.15) is 5.65 Å². The molecule has 0 aliphatic rings. The molecular weight excluding hydrogens is 198 g/mol. The van der Waals surface area contributed by atoms with Crippen molar-refractivity contribution in [1.29, 1.82) is 0 Å². The highest BCUT2D eigenvalue weighted by molar-refractivity contribution is 5.94. The molecule has 86 valence electrons. The van der Waals surface area contributed by atoms with Gasteiger partial charge in [0.15, 0.2) is 0 Å². The highest BCUT2D eigenvalue weighted by atomic mass is 14.8. The Morgan fingerprint density at radius 2 is 2.12 bits per heavy atom. The van der Waals surface area contributed by atoms with E-state index >= 15 is 0 Å². The van der Waals surface area contributed by atoms with E-state index in [2.05, 4.69) is 30.4 Å². The molecule has 2 heterocycles. The molecule has 0 saturated heterocycles. The van der Waals surface area contributed by atoms with Crippen molar-refractivity contribution >= 4 is 22.3 Å². The van der Waals surface area contributed by atoms with E-state index in [1.807, 2.05) is 19.2 Å². The summed E-state index contributed by atoms with van der Waals surface area (Å²) in [7, 11) is 0. The van der Waals surface area contributed by atoms with Gasteiger partial charge in [-0.15, -0.1) is 0 Å². The number of H-pyrrole nitrogens is 1. The minimum absolute atomic E-state index is 0.680. The summed E-state index contributed by atoms with van der Waals surface area (Å²) >= 11 is 0. The number of allylic oxidation sites excluding steroid dienone is 1. The van der Waals surface area contributed by atoms with Gasteiger partial charge in [0.25, 0.3) is 0 Å². The summed E-state index contributed by atoms with van der Waals surface area (Å²) in [6, 6.07) is 1.96. The monoisotopic (exact) mass is 217 g/mol. The average Bonchev–Trinajstić information content (AvgIpc) is 2.65. The smallest absolute Gasteiger partial charge is 0.137 e. The van der Waals surface area contributed by atoms with Crippen molar-refractivity contribution in [2.75, 3.05) is 5.73 Å². The van der Waals surface area contributed by atoms with Gasteiger partial charge in [0.2, 0.25) is 0 Å². The predicted molar refractivity (Wildman–Crippen MR) is 71.2 cm³/mol. The minimum atomic E-state index is 0.680. The highest BCUT2D eigenvalue weighted by Crippen LogP contribution is 2.26. The maximum Gasteiger partial charge on any atom is 0.137 e. The van der Waals surface area contributed by atoms with Crippen LogP contribution in [-0.2, 0) is 0 Å². The third-order valence-electron chi connectivity index (χ3n) is 2.04. The van der Waals surface area contributed by atoms with Crippen molar-refractivity contribution in [1.82, 2.24) is 9.97 Å². The normalized spacial score (nSPS) is 9.69. The largest absolute Gasteiger partial charge is 0.397 e. The molecule has 0 amide bonds. The molecule has 2 aromatic heterocycles. The zero-order valence-corrected chi connectivity index (χ0v) is 10.2. The van der Waals surface area contributed by atoms with Gasteiger partial charge in [-0.25, -0.2) is 4.98 Å². The lowest BCUT2D eigenvalue weighted by molar-refractivity contribution is 1.09. The van der Waals surface area contributed by atoms with Crippen LogP contribution in [0.4, 0.5) is 5.69 Å². The van der Waals surface area contributed by atoms with Crippen molar-refractivity contribution in [3.8, 4) is 0 Å². The second-order valence-electron chi connectivity index (χ2n) is 3.82. The number of nitrogens with zero attached hydrogens (tertiary/aromatic N) is 1. The molecule has 16 heavy (non-hydrogen) atoms. The highest BCUT2D eigenvalue weighted by Gasteiger charge is 2.06. The summed E-state index contributed by atoms with van der Waals surface area (Å²) in [6.45, 7) is 10.1. The van der Waals surface area contributed by atoms with Crippen molar-refractivity contribution in [3.63, 3.8) is 0 Å². The third-order valence-corrected chi connectivity index (χ3v) is 2.04. The summed E-state index contributed by atoms with van der Waals surface area (Å²) < 4.78 is 0. The molecule has 0 aliphatic heterocycles. The number of hydrogen-bond acceptors (Lipinski definition) is 2. The van der Waals surface area contributed by atoms with Crippen LogP contribution in [0.1, 0.15) is 32.8 Å². The molecule has 3 heteroatoms. The van der Waals surface area contributed by atoms with Crippen LogP contribution in [0.2, 0.25) is 0 Å². The Hall–Kier alpha value is -1.77. The zero-order valence-electron chi connectivity index (χ0n) is 10.2. The molecule has 0 unspecified atom stereocenters. The number of anilines is 1. The lowest BCUT2D eigenvalue weighted by atomic mass is 10.1. The molecule has 0 aliphatic carbocycles. The van der Waals surface area contributed by atoms with Crippen molar-refractivity contribution in [2.45, 2.75) is 27.2 Å². The third kappa shape index (κ3) is 2.42. The van der Waals surface area contributed by atoms with E-state index in [-0.39, 0.29) is 0 Å². The van der Waals surface area contributed by atoms with Crippen LogP contribution >= 0.6 is 0 Å². The molecule has 0 aromatic carbocycles. The van der Waals surface area contributed by atoms with Gasteiger partial charge < -0.3 is 10.7 Å². The maximum atomic E-state index is 5.81. The lowest BCUT2D eigenvalue weighted by Gasteiger charge is -2.05. The Bertz CT molecular complexity index is 483.